The average Bonchev–Trinajstić information content (AvgIpc) is 2.88. The fourth-order valence-corrected chi connectivity index (χ4v) is 4.67. The molecule has 3 aromatic carbocycles. The number of benzene rings is 3. The van der Waals surface area contributed by atoms with Crippen LogP contribution in [-0.2, 0) is 24.3 Å². The van der Waals surface area contributed by atoms with Gasteiger partial charge in [-0.15, -0.1) is 0 Å². The SMILES string of the molecule is CCN(c1ccccc1)S(=O)(=O)c1ccc(C(=O)OCC(=O)Nc2ccc(C(=O)OC)cc2)cc1. The van der Waals surface area contributed by atoms with Crippen LogP contribution in [0.15, 0.2) is 83.8 Å². The molecule has 182 valence electrons. The summed E-state index contributed by atoms with van der Waals surface area (Å²) in [6, 6.07) is 20.0. The third-order valence-electron chi connectivity index (χ3n) is 4.93. The van der Waals surface area contributed by atoms with E-state index >= 15 is 0 Å². The molecule has 0 aliphatic heterocycles. The third kappa shape index (κ3) is 6.24. The Labute approximate surface area is 203 Å². The van der Waals surface area contributed by atoms with E-state index in [2.05, 4.69) is 10.1 Å². The largest absolute Gasteiger partial charge is 0.465 e. The van der Waals surface area contributed by atoms with Gasteiger partial charge in [0.15, 0.2) is 6.61 Å². The smallest absolute Gasteiger partial charge is 0.338 e. The molecule has 0 aliphatic carbocycles. The van der Waals surface area contributed by atoms with Crippen LogP contribution < -0.4 is 9.62 Å². The number of methoxy groups -OCH3 is 1. The van der Waals surface area contributed by atoms with Gasteiger partial charge in [0, 0.05) is 12.2 Å². The highest BCUT2D eigenvalue weighted by Gasteiger charge is 2.24. The van der Waals surface area contributed by atoms with E-state index in [1.807, 2.05) is 0 Å². The summed E-state index contributed by atoms with van der Waals surface area (Å²) in [5, 5.41) is 2.54. The van der Waals surface area contributed by atoms with Crippen LogP contribution in [0.3, 0.4) is 0 Å². The summed E-state index contributed by atoms with van der Waals surface area (Å²) in [4.78, 5) is 35.9. The Bertz CT molecular complexity index is 1290. The molecule has 0 aliphatic rings. The van der Waals surface area contributed by atoms with Gasteiger partial charge in [-0.05, 0) is 67.6 Å². The van der Waals surface area contributed by atoms with Gasteiger partial charge in [0.05, 0.1) is 28.8 Å². The van der Waals surface area contributed by atoms with E-state index in [1.165, 1.54) is 59.9 Å². The molecule has 0 saturated carbocycles. The predicted molar refractivity (Wildman–Crippen MR) is 130 cm³/mol. The number of ether oxygens (including phenoxy) is 2. The second-order valence-electron chi connectivity index (χ2n) is 7.22. The maximum Gasteiger partial charge on any atom is 0.338 e. The maximum atomic E-state index is 13.0. The second kappa shape index (κ2) is 11.3. The van der Waals surface area contributed by atoms with E-state index in [9.17, 15) is 22.8 Å². The van der Waals surface area contributed by atoms with Gasteiger partial charge in [0.25, 0.3) is 15.9 Å². The van der Waals surface area contributed by atoms with Crippen molar-refractivity contribution in [1.29, 1.82) is 0 Å². The average molecular weight is 497 g/mol. The van der Waals surface area contributed by atoms with Crippen molar-refractivity contribution in [3.05, 3.63) is 90.0 Å². The van der Waals surface area contributed by atoms with Crippen LogP contribution in [0.4, 0.5) is 11.4 Å². The minimum Gasteiger partial charge on any atom is -0.465 e. The lowest BCUT2D eigenvalue weighted by Crippen LogP contribution is -2.30. The minimum atomic E-state index is -3.83. The van der Waals surface area contributed by atoms with Crippen molar-refractivity contribution in [1.82, 2.24) is 0 Å². The Balaban J connectivity index is 1.59. The summed E-state index contributed by atoms with van der Waals surface area (Å²) in [7, 11) is -2.56. The molecule has 0 fully saturated rings. The van der Waals surface area contributed by atoms with Gasteiger partial charge in [0.2, 0.25) is 0 Å². The van der Waals surface area contributed by atoms with Crippen LogP contribution in [0.2, 0.25) is 0 Å². The zero-order chi connectivity index (χ0) is 25.4. The van der Waals surface area contributed by atoms with Crippen molar-refractivity contribution in [3.8, 4) is 0 Å². The van der Waals surface area contributed by atoms with Gasteiger partial charge in [-0.1, -0.05) is 18.2 Å². The summed E-state index contributed by atoms with van der Waals surface area (Å²) >= 11 is 0. The van der Waals surface area contributed by atoms with Crippen molar-refractivity contribution in [3.63, 3.8) is 0 Å². The Morgan fingerprint density at radius 3 is 1.97 bits per heavy atom. The van der Waals surface area contributed by atoms with Gasteiger partial charge < -0.3 is 14.8 Å². The maximum absolute atomic E-state index is 13.0. The van der Waals surface area contributed by atoms with Crippen LogP contribution in [-0.4, -0.2) is 46.5 Å². The summed E-state index contributed by atoms with van der Waals surface area (Å²) in [6.07, 6.45) is 0. The number of carbonyl (C=O) groups excluding carboxylic acids is 3. The topological polar surface area (TPSA) is 119 Å². The van der Waals surface area contributed by atoms with Crippen LogP contribution in [0, 0.1) is 0 Å². The number of rotatable bonds is 9. The van der Waals surface area contributed by atoms with E-state index < -0.39 is 34.5 Å². The first-order chi connectivity index (χ1) is 16.8. The number of para-hydroxylation sites is 1. The van der Waals surface area contributed by atoms with Gasteiger partial charge >= 0.3 is 11.9 Å². The monoisotopic (exact) mass is 496 g/mol. The van der Waals surface area contributed by atoms with Crippen LogP contribution in [0.5, 0.6) is 0 Å². The lowest BCUT2D eigenvalue weighted by atomic mass is 10.2. The van der Waals surface area contributed by atoms with E-state index in [0.29, 0.717) is 16.9 Å². The fourth-order valence-electron chi connectivity index (χ4n) is 3.19. The number of amides is 1. The van der Waals surface area contributed by atoms with Crippen LogP contribution in [0.25, 0.3) is 0 Å². The first kappa shape index (κ1) is 25.4. The summed E-state index contributed by atoms with van der Waals surface area (Å²) in [6.45, 7) is 1.42. The molecule has 0 bridgehead atoms. The lowest BCUT2D eigenvalue weighted by molar-refractivity contribution is -0.119. The van der Waals surface area contributed by atoms with E-state index in [4.69, 9.17) is 4.74 Å². The number of nitrogens with zero attached hydrogens (tertiary/aromatic N) is 1. The number of esters is 2. The lowest BCUT2D eigenvalue weighted by Gasteiger charge is -2.22. The molecule has 0 saturated heterocycles. The van der Waals surface area contributed by atoms with Crippen molar-refractivity contribution in [2.24, 2.45) is 0 Å². The molecule has 1 amide bonds. The molecule has 10 heteroatoms. The molecule has 0 atom stereocenters. The first-order valence-corrected chi connectivity index (χ1v) is 12.0. The predicted octanol–water partition coefficient (Wildman–Crippen LogP) is 3.48. The molecule has 3 rings (SSSR count). The standard InChI is InChI=1S/C25H24N2O7S/c1-3-27(21-7-5-4-6-8-21)35(31,32)22-15-11-19(12-16-22)25(30)34-17-23(28)26-20-13-9-18(10-14-20)24(29)33-2/h4-16H,3,17H2,1-2H3,(H,26,28). The molecule has 3 aromatic rings. The summed E-state index contributed by atoms with van der Waals surface area (Å²) in [5.41, 5.74) is 1.37. The van der Waals surface area contributed by atoms with Gasteiger partial charge in [-0.3, -0.25) is 9.10 Å². The summed E-state index contributed by atoms with van der Waals surface area (Å²) in [5.74, 6) is -1.86. The van der Waals surface area contributed by atoms with Gasteiger partial charge in [-0.2, -0.15) is 0 Å². The Morgan fingerprint density at radius 2 is 1.40 bits per heavy atom. The molecule has 0 heterocycles. The molecule has 35 heavy (non-hydrogen) atoms. The Hall–Kier alpha value is -4.18. The molecule has 1 N–H and O–H groups in total. The first-order valence-electron chi connectivity index (χ1n) is 10.6. The molecular weight excluding hydrogens is 472 g/mol. The highest BCUT2D eigenvalue weighted by molar-refractivity contribution is 7.92. The van der Waals surface area contributed by atoms with Gasteiger partial charge in [-0.25, -0.2) is 18.0 Å². The van der Waals surface area contributed by atoms with Crippen molar-refractivity contribution < 1.29 is 32.3 Å². The number of anilines is 2. The second-order valence-corrected chi connectivity index (χ2v) is 9.09. The van der Waals surface area contributed by atoms with E-state index in [-0.39, 0.29) is 17.0 Å². The minimum absolute atomic E-state index is 0.0212. The molecule has 0 aromatic heterocycles. The zero-order valence-corrected chi connectivity index (χ0v) is 19.9. The van der Waals surface area contributed by atoms with Crippen LogP contribution >= 0.6 is 0 Å². The third-order valence-corrected chi connectivity index (χ3v) is 6.85. The zero-order valence-electron chi connectivity index (χ0n) is 19.1. The number of nitrogens with one attached hydrogen (secondary N) is 1. The highest BCUT2D eigenvalue weighted by atomic mass is 32.2. The van der Waals surface area contributed by atoms with Crippen molar-refractivity contribution >= 4 is 39.2 Å². The molecule has 0 radical (unpaired) electrons. The number of sulfonamides is 1. The molecule has 0 spiro atoms. The number of hydrogen-bond acceptors (Lipinski definition) is 7. The number of carbonyl (C=O) groups is 3. The van der Waals surface area contributed by atoms with Crippen molar-refractivity contribution in [2.45, 2.75) is 11.8 Å². The quantitative estimate of drug-likeness (QED) is 0.451. The molecule has 0 unspecified atom stereocenters. The normalized spacial score (nSPS) is 10.8. The van der Waals surface area contributed by atoms with E-state index in [0.717, 1.165) is 0 Å². The van der Waals surface area contributed by atoms with Crippen molar-refractivity contribution in [2.75, 3.05) is 29.9 Å². The van der Waals surface area contributed by atoms with Crippen LogP contribution in [0.1, 0.15) is 27.6 Å². The number of hydrogen-bond donors (Lipinski definition) is 1. The Kier molecular flexibility index (Phi) is 8.21. The highest BCUT2D eigenvalue weighted by Crippen LogP contribution is 2.23. The van der Waals surface area contributed by atoms with Gasteiger partial charge in [0.1, 0.15) is 0 Å². The fraction of sp³-hybridized carbons (Fsp3) is 0.160. The molecular formula is C25H24N2O7S. The summed E-state index contributed by atoms with van der Waals surface area (Å²) < 4.78 is 37.0. The Morgan fingerprint density at radius 1 is 0.829 bits per heavy atom. The molecule has 9 nitrogen and oxygen atoms in total. The van der Waals surface area contributed by atoms with E-state index in [1.54, 1.807) is 37.3 Å².